The Balaban J connectivity index is 2.21. The maximum absolute atomic E-state index is 9.43. The number of aliphatic hydroxyl groups excluding tert-OH is 2. The summed E-state index contributed by atoms with van der Waals surface area (Å²) in [7, 11) is 0. The van der Waals surface area contributed by atoms with Gasteiger partial charge in [-0.1, -0.05) is 13.8 Å². The zero-order valence-electron chi connectivity index (χ0n) is 19.4. The average molecular weight is 716 g/mol. The lowest BCUT2D eigenvalue weighted by atomic mass is 9.78. The number of aliphatic hydroxyl groups is 2. The van der Waals surface area contributed by atoms with Gasteiger partial charge in [0.15, 0.2) is 0 Å². The number of hydrogen-bond donors (Lipinski definition) is 2. The van der Waals surface area contributed by atoms with Gasteiger partial charge in [0.25, 0.3) is 0 Å². The molecule has 2 rings (SSSR count). The summed E-state index contributed by atoms with van der Waals surface area (Å²) < 4.78 is 15.4. The molecule has 33 heavy (non-hydrogen) atoms. The summed E-state index contributed by atoms with van der Waals surface area (Å²) in [5.41, 5.74) is 1.97. The van der Waals surface area contributed by atoms with Gasteiger partial charge >= 0.3 is 0 Å². The Hall–Kier alpha value is -0.120. The van der Waals surface area contributed by atoms with Crippen LogP contribution in [0.5, 0.6) is 11.5 Å². The number of benzene rings is 2. The molecule has 0 aliphatic carbocycles. The van der Waals surface area contributed by atoms with Gasteiger partial charge in [0, 0.05) is 5.41 Å². The molecule has 2 unspecified atom stereocenters. The Morgan fingerprint density at radius 1 is 0.697 bits per heavy atom. The molecule has 0 heterocycles. The van der Waals surface area contributed by atoms with Gasteiger partial charge in [0.05, 0.1) is 43.3 Å². The van der Waals surface area contributed by atoms with Crippen molar-refractivity contribution in [2.75, 3.05) is 13.2 Å². The van der Waals surface area contributed by atoms with E-state index in [-0.39, 0.29) is 17.6 Å². The standard InChI is InChI=1S/C25H32Br4O4/c1-15(30)7-5-9-32-23-19(26)11-17(12-20(23)27)25(3,4)18-13-21(28)24(22(29)14-18)33-10-6-8-16(2)31/h11-16,30-31H,5-10H2,1-4H3. The Kier molecular flexibility index (Phi) is 11.7. The van der Waals surface area contributed by atoms with E-state index in [4.69, 9.17) is 9.47 Å². The Bertz CT molecular complexity index is 809. The quantitative estimate of drug-likeness (QED) is 0.218. The molecule has 0 fully saturated rings. The molecular weight excluding hydrogens is 684 g/mol. The maximum atomic E-state index is 9.43. The van der Waals surface area contributed by atoms with E-state index in [0.29, 0.717) is 26.1 Å². The largest absolute Gasteiger partial charge is 0.491 e. The van der Waals surface area contributed by atoms with Gasteiger partial charge < -0.3 is 19.7 Å². The van der Waals surface area contributed by atoms with Crippen LogP contribution in [0.1, 0.15) is 64.5 Å². The van der Waals surface area contributed by atoms with Crippen molar-refractivity contribution in [2.45, 2.75) is 71.0 Å². The summed E-state index contributed by atoms with van der Waals surface area (Å²) in [5.74, 6) is 1.53. The lowest BCUT2D eigenvalue weighted by Crippen LogP contribution is -2.19. The molecule has 8 heteroatoms. The molecule has 0 bridgehead atoms. The molecule has 0 radical (unpaired) electrons. The number of ether oxygens (including phenoxy) is 2. The normalized spacial score (nSPS) is 13.6. The maximum Gasteiger partial charge on any atom is 0.147 e. The molecule has 0 aromatic heterocycles. The summed E-state index contributed by atoms with van der Waals surface area (Å²) in [5, 5.41) is 18.9. The van der Waals surface area contributed by atoms with Crippen molar-refractivity contribution in [3.05, 3.63) is 53.3 Å². The SMILES string of the molecule is CC(O)CCCOc1c(Br)cc(C(C)(C)c2cc(Br)c(OCCCC(C)O)c(Br)c2)cc1Br. The molecule has 0 saturated heterocycles. The lowest BCUT2D eigenvalue weighted by molar-refractivity contribution is 0.170. The van der Waals surface area contributed by atoms with Crippen molar-refractivity contribution in [2.24, 2.45) is 0 Å². The van der Waals surface area contributed by atoms with Gasteiger partial charge in [-0.3, -0.25) is 0 Å². The van der Waals surface area contributed by atoms with E-state index in [1.54, 1.807) is 13.8 Å². The lowest BCUT2D eigenvalue weighted by Gasteiger charge is -2.28. The monoisotopic (exact) mass is 712 g/mol. The van der Waals surface area contributed by atoms with Gasteiger partial charge in [-0.15, -0.1) is 0 Å². The molecular formula is C25H32Br4O4. The fraction of sp³-hybridized carbons (Fsp3) is 0.520. The van der Waals surface area contributed by atoms with Crippen LogP contribution in [-0.2, 0) is 5.41 Å². The van der Waals surface area contributed by atoms with Crippen LogP contribution in [0.2, 0.25) is 0 Å². The van der Waals surface area contributed by atoms with Crippen LogP contribution in [0.15, 0.2) is 42.2 Å². The van der Waals surface area contributed by atoms with Crippen molar-refractivity contribution in [3.63, 3.8) is 0 Å². The van der Waals surface area contributed by atoms with Crippen molar-refractivity contribution in [1.29, 1.82) is 0 Å². The average Bonchev–Trinajstić information content (AvgIpc) is 2.70. The first-order valence-electron chi connectivity index (χ1n) is 11.0. The van der Waals surface area contributed by atoms with E-state index in [9.17, 15) is 10.2 Å². The van der Waals surface area contributed by atoms with Crippen molar-refractivity contribution in [1.82, 2.24) is 0 Å². The highest BCUT2D eigenvalue weighted by Gasteiger charge is 2.27. The highest BCUT2D eigenvalue weighted by molar-refractivity contribution is 9.11. The van der Waals surface area contributed by atoms with Crippen molar-refractivity contribution in [3.8, 4) is 11.5 Å². The minimum absolute atomic E-state index is 0.286. The molecule has 4 nitrogen and oxygen atoms in total. The van der Waals surface area contributed by atoms with E-state index in [0.717, 1.165) is 53.4 Å². The van der Waals surface area contributed by atoms with Crippen LogP contribution in [0.3, 0.4) is 0 Å². The molecule has 0 aliphatic rings. The minimum atomic E-state index is -0.316. The van der Waals surface area contributed by atoms with Crippen LogP contribution in [0, 0.1) is 0 Å². The highest BCUT2D eigenvalue weighted by atomic mass is 79.9. The zero-order valence-corrected chi connectivity index (χ0v) is 25.8. The predicted octanol–water partition coefficient (Wildman–Crippen LogP) is 8.14. The van der Waals surface area contributed by atoms with E-state index >= 15 is 0 Å². The summed E-state index contributed by atoms with van der Waals surface area (Å²) in [6, 6.07) is 8.38. The van der Waals surface area contributed by atoms with E-state index in [2.05, 4.69) is 102 Å². The Labute approximate surface area is 231 Å². The molecule has 0 saturated carbocycles. The van der Waals surface area contributed by atoms with Crippen LogP contribution >= 0.6 is 63.7 Å². The molecule has 184 valence electrons. The summed E-state index contributed by atoms with van der Waals surface area (Å²) >= 11 is 14.7. The second kappa shape index (κ2) is 13.3. The van der Waals surface area contributed by atoms with Crippen LogP contribution in [0.25, 0.3) is 0 Å². The fourth-order valence-electron chi connectivity index (χ4n) is 3.39. The molecule has 2 aromatic rings. The van der Waals surface area contributed by atoms with Gasteiger partial charge in [-0.05, 0) is 139 Å². The van der Waals surface area contributed by atoms with Crippen LogP contribution in [-0.4, -0.2) is 35.6 Å². The first kappa shape index (κ1) is 29.1. The molecule has 2 atom stereocenters. The van der Waals surface area contributed by atoms with Gasteiger partial charge in [-0.2, -0.15) is 0 Å². The molecule has 2 aromatic carbocycles. The third-order valence-corrected chi connectivity index (χ3v) is 7.82. The van der Waals surface area contributed by atoms with E-state index < -0.39 is 0 Å². The third kappa shape index (κ3) is 8.50. The topological polar surface area (TPSA) is 58.9 Å². The van der Waals surface area contributed by atoms with Gasteiger partial charge in [0.2, 0.25) is 0 Å². The number of rotatable bonds is 12. The van der Waals surface area contributed by atoms with E-state index in [1.807, 2.05) is 0 Å². The van der Waals surface area contributed by atoms with E-state index in [1.165, 1.54) is 0 Å². The summed E-state index contributed by atoms with van der Waals surface area (Å²) in [4.78, 5) is 0. The fourth-order valence-corrected chi connectivity index (χ4v) is 6.22. The van der Waals surface area contributed by atoms with Gasteiger partial charge in [-0.25, -0.2) is 0 Å². The molecule has 0 aliphatic heterocycles. The first-order valence-corrected chi connectivity index (χ1v) is 14.2. The van der Waals surface area contributed by atoms with Crippen LogP contribution < -0.4 is 9.47 Å². The number of hydrogen-bond acceptors (Lipinski definition) is 4. The van der Waals surface area contributed by atoms with Crippen LogP contribution in [0.4, 0.5) is 0 Å². The summed E-state index contributed by atoms with van der Waals surface area (Å²) in [6.45, 7) is 9.03. The van der Waals surface area contributed by atoms with Gasteiger partial charge in [0.1, 0.15) is 11.5 Å². The Morgan fingerprint density at radius 2 is 1.00 bits per heavy atom. The number of halogens is 4. The Morgan fingerprint density at radius 3 is 1.27 bits per heavy atom. The second-order valence-electron chi connectivity index (χ2n) is 8.84. The predicted molar refractivity (Wildman–Crippen MR) is 149 cm³/mol. The smallest absolute Gasteiger partial charge is 0.147 e. The highest BCUT2D eigenvalue weighted by Crippen LogP contribution is 2.44. The second-order valence-corrected chi connectivity index (χ2v) is 12.3. The molecule has 0 spiro atoms. The molecule has 0 amide bonds. The van der Waals surface area contributed by atoms with Crippen molar-refractivity contribution >= 4 is 63.7 Å². The third-order valence-electron chi connectivity index (χ3n) is 5.47. The zero-order chi connectivity index (χ0) is 24.8. The molecule has 2 N–H and O–H groups in total. The first-order chi connectivity index (χ1) is 15.4. The minimum Gasteiger partial charge on any atom is -0.491 e. The van der Waals surface area contributed by atoms with Crippen molar-refractivity contribution < 1.29 is 19.7 Å². The summed E-state index contributed by atoms with van der Waals surface area (Å²) in [6.07, 6.45) is 2.37.